The Hall–Kier alpha value is -1.27. The summed E-state index contributed by atoms with van der Waals surface area (Å²) in [5, 5.41) is 6.71. The minimum absolute atomic E-state index is 0.238. The maximum absolute atomic E-state index is 11.6. The van der Waals surface area contributed by atoms with E-state index in [4.69, 9.17) is 39.5 Å². The molecule has 0 bridgehead atoms. The van der Waals surface area contributed by atoms with Gasteiger partial charge in [0.2, 0.25) is 0 Å². The fraction of sp³-hybridized carbons (Fsp3) is 0.143. The first kappa shape index (κ1) is 17.1. The summed E-state index contributed by atoms with van der Waals surface area (Å²) in [6, 6.07) is 4.89. The molecule has 0 atom stereocenters. The molecule has 0 spiro atoms. The molecule has 4 nitrogen and oxygen atoms in total. The minimum atomic E-state index is -0.410. The lowest BCUT2D eigenvalue weighted by Crippen LogP contribution is -2.24. The van der Waals surface area contributed by atoms with Gasteiger partial charge in [0.15, 0.2) is 6.61 Å². The summed E-state index contributed by atoms with van der Waals surface area (Å²) in [6.07, 6.45) is 1.59. The van der Waals surface area contributed by atoms with E-state index in [1.807, 2.05) is 18.4 Å². The first-order valence-corrected chi connectivity index (χ1v) is 8.12. The zero-order valence-corrected chi connectivity index (χ0v) is 14.5. The molecule has 1 heterocycles. The van der Waals surface area contributed by atoms with Crippen LogP contribution in [-0.4, -0.2) is 18.7 Å². The molecule has 1 amide bonds. The summed E-state index contributed by atoms with van der Waals surface area (Å²) in [6.45, 7) is 1.73. The van der Waals surface area contributed by atoms with Gasteiger partial charge in [-0.15, -0.1) is 11.3 Å². The first-order chi connectivity index (χ1) is 10.5. The predicted octanol–water partition coefficient (Wildman–Crippen LogP) is 4.55. The van der Waals surface area contributed by atoms with Crippen LogP contribution in [0.25, 0.3) is 0 Å². The van der Waals surface area contributed by atoms with Gasteiger partial charge in [-0.2, -0.15) is 5.10 Å². The third-order valence-corrected chi connectivity index (χ3v) is 4.58. The van der Waals surface area contributed by atoms with E-state index in [2.05, 4.69) is 10.5 Å². The number of hydrogen-bond acceptors (Lipinski definition) is 4. The summed E-state index contributed by atoms with van der Waals surface area (Å²) >= 11 is 19.2. The first-order valence-electron chi connectivity index (χ1n) is 6.10. The van der Waals surface area contributed by atoms with Crippen molar-refractivity contribution in [2.24, 2.45) is 5.10 Å². The van der Waals surface area contributed by atoms with Crippen molar-refractivity contribution in [1.82, 2.24) is 5.43 Å². The van der Waals surface area contributed by atoms with E-state index in [-0.39, 0.29) is 17.4 Å². The van der Waals surface area contributed by atoms with E-state index in [9.17, 15) is 4.79 Å². The second-order valence-corrected chi connectivity index (χ2v) is 6.42. The van der Waals surface area contributed by atoms with Crippen LogP contribution in [-0.2, 0) is 4.79 Å². The van der Waals surface area contributed by atoms with Gasteiger partial charge in [-0.3, -0.25) is 4.79 Å². The zero-order valence-electron chi connectivity index (χ0n) is 11.4. The lowest BCUT2D eigenvalue weighted by atomic mass is 10.3. The van der Waals surface area contributed by atoms with E-state index < -0.39 is 5.91 Å². The summed E-state index contributed by atoms with van der Waals surface area (Å²) in [5.41, 5.74) is 3.47. The highest BCUT2D eigenvalue weighted by molar-refractivity contribution is 7.11. The quantitative estimate of drug-likeness (QED) is 0.472. The van der Waals surface area contributed by atoms with E-state index in [1.165, 1.54) is 23.5 Å². The molecule has 8 heteroatoms. The highest BCUT2D eigenvalue weighted by Crippen LogP contribution is 2.33. The maximum atomic E-state index is 11.6. The Morgan fingerprint density at radius 2 is 2.05 bits per heavy atom. The van der Waals surface area contributed by atoms with Crippen LogP contribution < -0.4 is 10.2 Å². The molecule has 1 aromatic carbocycles. The van der Waals surface area contributed by atoms with Gasteiger partial charge in [-0.05, 0) is 30.0 Å². The second kappa shape index (κ2) is 7.83. The third kappa shape index (κ3) is 4.61. The molecule has 0 saturated heterocycles. The molecule has 116 valence electrons. The van der Waals surface area contributed by atoms with Gasteiger partial charge in [0.05, 0.1) is 21.3 Å². The molecule has 0 saturated carbocycles. The van der Waals surface area contributed by atoms with Crippen LogP contribution in [0.1, 0.15) is 10.4 Å². The molecule has 2 rings (SSSR count). The van der Waals surface area contributed by atoms with E-state index in [0.717, 1.165) is 10.4 Å². The Morgan fingerprint density at radius 3 is 2.73 bits per heavy atom. The lowest BCUT2D eigenvalue weighted by Gasteiger charge is -2.08. The van der Waals surface area contributed by atoms with Gasteiger partial charge in [0.1, 0.15) is 5.75 Å². The second-order valence-electron chi connectivity index (χ2n) is 4.25. The SMILES string of the molecule is Cc1ccsc1C=NNC(=O)COc1cc(Cl)c(Cl)cc1Cl. The Kier molecular flexibility index (Phi) is 6.08. The van der Waals surface area contributed by atoms with Gasteiger partial charge in [-0.25, -0.2) is 5.43 Å². The van der Waals surface area contributed by atoms with Gasteiger partial charge in [-0.1, -0.05) is 34.8 Å². The van der Waals surface area contributed by atoms with Crippen molar-refractivity contribution in [2.45, 2.75) is 6.92 Å². The molecule has 0 unspecified atom stereocenters. The van der Waals surface area contributed by atoms with Gasteiger partial charge < -0.3 is 4.74 Å². The summed E-state index contributed by atoms with van der Waals surface area (Å²) in [5.74, 6) is -0.128. The largest absolute Gasteiger partial charge is 0.482 e. The monoisotopic (exact) mass is 376 g/mol. The summed E-state index contributed by atoms with van der Waals surface area (Å²) in [7, 11) is 0. The number of nitrogens with zero attached hydrogens (tertiary/aromatic N) is 1. The minimum Gasteiger partial charge on any atom is -0.482 e. The number of hydrogen-bond donors (Lipinski definition) is 1. The average molecular weight is 378 g/mol. The highest BCUT2D eigenvalue weighted by atomic mass is 35.5. The van der Waals surface area contributed by atoms with Crippen LogP contribution in [0.5, 0.6) is 5.75 Å². The van der Waals surface area contributed by atoms with Crippen molar-refractivity contribution in [1.29, 1.82) is 0 Å². The number of carbonyl (C=O) groups is 1. The molecule has 0 aliphatic rings. The molecular formula is C14H11Cl3N2O2S. The molecule has 0 fully saturated rings. The number of hydrazone groups is 1. The Balaban J connectivity index is 1.87. The Labute approximate surface area is 146 Å². The molecular weight excluding hydrogens is 367 g/mol. The molecule has 0 radical (unpaired) electrons. The van der Waals surface area contributed by atoms with Crippen molar-refractivity contribution < 1.29 is 9.53 Å². The molecule has 0 aliphatic carbocycles. The summed E-state index contributed by atoms with van der Waals surface area (Å²) < 4.78 is 5.29. The number of rotatable bonds is 5. The van der Waals surface area contributed by atoms with E-state index >= 15 is 0 Å². The average Bonchev–Trinajstić information content (AvgIpc) is 2.87. The Bertz CT molecular complexity index is 716. The lowest BCUT2D eigenvalue weighted by molar-refractivity contribution is -0.123. The van der Waals surface area contributed by atoms with E-state index in [0.29, 0.717) is 10.0 Å². The smallest absolute Gasteiger partial charge is 0.277 e. The highest BCUT2D eigenvalue weighted by Gasteiger charge is 2.09. The number of nitrogens with one attached hydrogen (secondary N) is 1. The molecule has 22 heavy (non-hydrogen) atoms. The van der Waals surface area contributed by atoms with Crippen molar-refractivity contribution in [3.8, 4) is 5.75 Å². The molecule has 1 N–H and O–H groups in total. The van der Waals surface area contributed by atoms with Gasteiger partial charge in [0, 0.05) is 10.9 Å². The molecule has 2 aromatic rings. The number of halogens is 3. The van der Waals surface area contributed by atoms with Crippen LogP contribution in [0.4, 0.5) is 0 Å². The maximum Gasteiger partial charge on any atom is 0.277 e. The van der Waals surface area contributed by atoms with Crippen molar-refractivity contribution in [2.75, 3.05) is 6.61 Å². The van der Waals surface area contributed by atoms with E-state index in [1.54, 1.807) is 6.21 Å². The van der Waals surface area contributed by atoms with Crippen LogP contribution in [0, 0.1) is 6.92 Å². The number of amides is 1. The Morgan fingerprint density at radius 1 is 1.32 bits per heavy atom. The van der Waals surface area contributed by atoms with Gasteiger partial charge in [0.25, 0.3) is 5.91 Å². The normalized spacial score (nSPS) is 10.9. The summed E-state index contributed by atoms with van der Waals surface area (Å²) in [4.78, 5) is 12.6. The fourth-order valence-electron chi connectivity index (χ4n) is 1.47. The number of benzene rings is 1. The number of aryl methyl sites for hydroxylation is 1. The number of carbonyl (C=O) groups excluding carboxylic acids is 1. The zero-order chi connectivity index (χ0) is 16.1. The number of thiophene rings is 1. The van der Waals surface area contributed by atoms with Gasteiger partial charge >= 0.3 is 0 Å². The van der Waals surface area contributed by atoms with Crippen LogP contribution in [0.3, 0.4) is 0 Å². The van der Waals surface area contributed by atoms with Crippen molar-refractivity contribution in [3.05, 3.63) is 49.1 Å². The van der Waals surface area contributed by atoms with Crippen LogP contribution >= 0.6 is 46.1 Å². The standard InChI is InChI=1S/C14H11Cl3N2O2S/c1-8-2-3-22-13(8)6-18-19-14(20)7-21-12-5-10(16)9(15)4-11(12)17/h2-6H,7H2,1H3,(H,19,20). The van der Waals surface area contributed by atoms with Crippen LogP contribution in [0.2, 0.25) is 15.1 Å². The fourth-order valence-corrected chi connectivity index (χ4v) is 2.85. The van der Waals surface area contributed by atoms with Crippen molar-refractivity contribution >= 4 is 58.3 Å². The molecule has 0 aliphatic heterocycles. The topological polar surface area (TPSA) is 50.7 Å². The third-order valence-electron chi connectivity index (χ3n) is 2.61. The molecule has 1 aromatic heterocycles. The predicted molar refractivity (Wildman–Crippen MR) is 91.8 cm³/mol. The van der Waals surface area contributed by atoms with Crippen LogP contribution in [0.15, 0.2) is 28.7 Å². The van der Waals surface area contributed by atoms with Crippen molar-refractivity contribution in [3.63, 3.8) is 0 Å². The number of ether oxygens (including phenoxy) is 1.